The Bertz CT molecular complexity index is 989. The zero-order chi connectivity index (χ0) is 23.7. The van der Waals surface area contributed by atoms with Crippen LogP contribution in [0.15, 0.2) is 42.5 Å². The molecule has 1 amide bonds. The van der Waals surface area contributed by atoms with E-state index in [-0.39, 0.29) is 5.91 Å². The summed E-state index contributed by atoms with van der Waals surface area (Å²) in [7, 11) is 1.79. The lowest BCUT2D eigenvalue weighted by Crippen LogP contribution is -2.43. The number of ether oxygens (including phenoxy) is 1. The molecule has 1 aliphatic heterocycles. The first-order valence-electron chi connectivity index (χ1n) is 13.4. The van der Waals surface area contributed by atoms with Crippen molar-refractivity contribution < 1.29 is 9.53 Å². The van der Waals surface area contributed by atoms with E-state index >= 15 is 0 Å². The van der Waals surface area contributed by atoms with Gasteiger partial charge in [0.2, 0.25) is 0 Å². The molecule has 1 saturated heterocycles. The van der Waals surface area contributed by atoms with Crippen LogP contribution in [-0.4, -0.2) is 55.0 Å². The minimum atomic E-state index is 0.106. The van der Waals surface area contributed by atoms with Gasteiger partial charge in [-0.1, -0.05) is 24.6 Å². The molecular weight excluding hydrogens is 420 g/mol. The number of rotatable bonds is 7. The fourth-order valence-corrected chi connectivity index (χ4v) is 6.93. The van der Waals surface area contributed by atoms with E-state index in [1.165, 1.54) is 62.7 Å². The lowest BCUT2D eigenvalue weighted by Gasteiger charge is -2.40. The van der Waals surface area contributed by atoms with Gasteiger partial charge in [0.25, 0.3) is 5.91 Å². The van der Waals surface area contributed by atoms with Gasteiger partial charge in [-0.15, -0.1) is 0 Å². The molecule has 0 radical (unpaired) electrons. The van der Waals surface area contributed by atoms with E-state index in [9.17, 15) is 4.79 Å². The predicted molar refractivity (Wildman–Crippen MR) is 138 cm³/mol. The lowest BCUT2D eigenvalue weighted by molar-refractivity contribution is 0.0773. The molecule has 0 N–H and O–H groups in total. The minimum Gasteiger partial charge on any atom is -0.496 e. The molecule has 182 valence electrons. The predicted octanol–water partition coefficient (Wildman–Crippen LogP) is 6.21. The van der Waals surface area contributed by atoms with Crippen LogP contribution in [0.25, 0.3) is 11.1 Å². The molecule has 4 heteroatoms. The monoisotopic (exact) mass is 460 g/mol. The summed E-state index contributed by atoms with van der Waals surface area (Å²) in [5.41, 5.74) is 4.46. The number of piperidine rings is 1. The highest BCUT2D eigenvalue weighted by atomic mass is 16.5. The molecule has 1 heterocycles. The Balaban J connectivity index is 1.30. The summed E-state index contributed by atoms with van der Waals surface area (Å²) in [4.78, 5) is 17.3. The molecule has 3 fully saturated rings. The molecule has 2 aromatic carbocycles. The van der Waals surface area contributed by atoms with E-state index in [1.54, 1.807) is 7.11 Å². The highest BCUT2D eigenvalue weighted by Crippen LogP contribution is 2.48. The zero-order valence-electron chi connectivity index (χ0n) is 21.1. The maximum Gasteiger partial charge on any atom is 0.253 e. The van der Waals surface area contributed by atoms with Gasteiger partial charge in [0.05, 0.1) is 7.11 Å². The number of fused-ring (bicyclic) bond motifs is 2. The van der Waals surface area contributed by atoms with Crippen molar-refractivity contribution in [3.05, 3.63) is 53.6 Å². The quantitative estimate of drug-likeness (QED) is 0.492. The number of nitrogens with zero attached hydrogens (tertiary/aromatic N) is 2. The largest absolute Gasteiger partial charge is 0.496 e. The van der Waals surface area contributed by atoms with Gasteiger partial charge in [-0.05, 0) is 118 Å². The van der Waals surface area contributed by atoms with Gasteiger partial charge in [-0.25, -0.2) is 0 Å². The van der Waals surface area contributed by atoms with Crippen LogP contribution in [0, 0.1) is 11.8 Å². The minimum absolute atomic E-state index is 0.106. The van der Waals surface area contributed by atoms with Crippen molar-refractivity contribution >= 4 is 5.91 Å². The average molecular weight is 461 g/mol. The van der Waals surface area contributed by atoms with E-state index in [0.717, 1.165) is 47.8 Å². The number of hydrogen-bond acceptors (Lipinski definition) is 3. The highest BCUT2D eigenvalue weighted by molar-refractivity contribution is 5.94. The molecule has 0 aromatic heterocycles. The Labute approximate surface area is 205 Å². The van der Waals surface area contributed by atoms with Crippen molar-refractivity contribution in [3.8, 4) is 16.9 Å². The fourth-order valence-electron chi connectivity index (χ4n) is 6.93. The van der Waals surface area contributed by atoms with Crippen molar-refractivity contribution in [1.82, 2.24) is 9.80 Å². The zero-order valence-corrected chi connectivity index (χ0v) is 21.1. The first-order valence-corrected chi connectivity index (χ1v) is 13.4. The lowest BCUT2D eigenvalue weighted by atomic mass is 9.85. The van der Waals surface area contributed by atoms with Crippen LogP contribution in [-0.2, 0) is 0 Å². The van der Waals surface area contributed by atoms with Crippen LogP contribution in [0.4, 0.5) is 0 Å². The number of methoxy groups -OCH3 is 1. The Morgan fingerprint density at radius 3 is 2.24 bits per heavy atom. The normalized spacial score (nSPS) is 25.0. The van der Waals surface area contributed by atoms with Gasteiger partial charge >= 0.3 is 0 Å². The molecule has 2 bridgehead atoms. The third kappa shape index (κ3) is 4.49. The van der Waals surface area contributed by atoms with Crippen LogP contribution >= 0.6 is 0 Å². The Morgan fingerprint density at radius 1 is 0.941 bits per heavy atom. The molecular formula is C30H40N2O2. The number of carbonyl (C=O) groups is 1. The van der Waals surface area contributed by atoms with E-state index in [4.69, 9.17) is 4.74 Å². The molecule has 3 aliphatic rings. The number of amides is 1. The maximum absolute atomic E-state index is 12.7. The molecule has 34 heavy (non-hydrogen) atoms. The number of carbonyl (C=O) groups excluding carboxylic acids is 1. The van der Waals surface area contributed by atoms with Gasteiger partial charge in [-0.3, -0.25) is 4.79 Å². The van der Waals surface area contributed by atoms with Crippen molar-refractivity contribution in [2.75, 3.05) is 33.3 Å². The van der Waals surface area contributed by atoms with E-state index in [2.05, 4.69) is 35.2 Å². The van der Waals surface area contributed by atoms with Gasteiger partial charge in [0, 0.05) is 24.7 Å². The summed E-state index contributed by atoms with van der Waals surface area (Å²) in [6, 6.07) is 15.6. The Kier molecular flexibility index (Phi) is 6.96. The van der Waals surface area contributed by atoms with E-state index in [0.29, 0.717) is 5.92 Å². The van der Waals surface area contributed by atoms with Crippen molar-refractivity contribution in [2.24, 2.45) is 11.8 Å². The SMILES string of the molecule is CCN(CC)C(=O)c1ccc(-c2ccc(OC)c(C3CCN([C@@H]4C[C@H]5CCC4C5)CC3)c2)cc1. The molecule has 1 unspecified atom stereocenters. The number of hydrogen-bond donors (Lipinski definition) is 0. The average Bonchev–Trinajstić information content (AvgIpc) is 3.53. The summed E-state index contributed by atoms with van der Waals surface area (Å²) in [6.07, 6.45) is 8.30. The second-order valence-electron chi connectivity index (χ2n) is 10.6. The highest BCUT2D eigenvalue weighted by Gasteiger charge is 2.43. The second-order valence-corrected chi connectivity index (χ2v) is 10.6. The summed E-state index contributed by atoms with van der Waals surface area (Å²) >= 11 is 0. The molecule has 4 nitrogen and oxygen atoms in total. The van der Waals surface area contributed by atoms with Crippen LogP contribution in [0.1, 0.15) is 74.2 Å². The molecule has 0 spiro atoms. The topological polar surface area (TPSA) is 32.8 Å². The summed E-state index contributed by atoms with van der Waals surface area (Å²) in [6.45, 7) is 7.95. The Morgan fingerprint density at radius 2 is 1.65 bits per heavy atom. The van der Waals surface area contributed by atoms with Gasteiger partial charge < -0.3 is 14.5 Å². The first-order chi connectivity index (χ1) is 16.6. The summed E-state index contributed by atoms with van der Waals surface area (Å²) in [5.74, 6) is 3.65. The number of likely N-dealkylation sites (tertiary alicyclic amines) is 1. The standard InChI is InChI=1S/C30H40N2O2/c1-4-31(5-2)30(33)24-10-8-22(9-11-24)25-12-13-29(34-3)27(20-25)23-14-16-32(17-15-23)28-19-21-6-7-26(28)18-21/h8-13,20-21,23,26,28H,4-7,14-19H2,1-3H3/t21-,26?,28+/m0/s1. The van der Waals surface area contributed by atoms with Gasteiger partial charge in [0.1, 0.15) is 5.75 Å². The molecule has 3 atom stereocenters. The van der Waals surface area contributed by atoms with Crippen LogP contribution < -0.4 is 4.74 Å². The molecule has 2 saturated carbocycles. The van der Waals surface area contributed by atoms with Crippen LogP contribution in [0.5, 0.6) is 5.75 Å². The molecule has 2 aliphatic carbocycles. The third-order valence-electron chi connectivity index (χ3n) is 8.88. The van der Waals surface area contributed by atoms with Crippen molar-refractivity contribution in [3.63, 3.8) is 0 Å². The fraction of sp³-hybridized carbons (Fsp3) is 0.567. The number of benzene rings is 2. The summed E-state index contributed by atoms with van der Waals surface area (Å²) < 4.78 is 5.79. The van der Waals surface area contributed by atoms with Gasteiger partial charge in [-0.2, -0.15) is 0 Å². The van der Waals surface area contributed by atoms with Crippen LogP contribution in [0.2, 0.25) is 0 Å². The first kappa shape index (κ1) is 23.4. The summed E-state index contributed by atoms with van der Waals surface area (Å²) in [5, 5.41) is 0. The van der Waals surface area contributed by atoms with E-state index < -0.39 is 0 Å². The van der Waals surface area contributed by atoms with Gasteiger partial charge in [0.15, 0.2) is 0 Å². The molecule has 5 rings (SSSR count). The maximum atomic E-state index is 12.7. The van der Waals surface area contributed by atoms with Crippen molar-refractivity contribution in [2.45, 2.75) is 64.3 Å². The third-order valence-corrected chi connectivity index (χ3v) is 8.88. The van der Waals surface area contributed by atoms with Crippen molar-refractivity contribution in [1.29, 1.82) is 0 Å². The molecule has 2 aromatic rings. The smallest absolute Gasteiger partial charge is 0.253 e. The van der Waals surface area contributed by atoms with E-state index in [1.807, 2.05) is 30.9 Å². The Hall–Kier alpha value is -2.33. The second kappa shape index (κ2) is 10.1. The van der Waals surface area contributed by atoms with Crippen LogP contribution in [0.3, 0.4) is 0 Å².